The maximum atomic E-state index is 9.84. The molecule has 0 aromatic heterocycles. The molecule has 3 aliphatic rings. The van der Waals surface area contributed by atoms with Crippen molar-refractivity contribution in [3.8, 4) is 0 Å². The highest BCUT2D eigenvalue weighted by molar-refractivity contribution is 5.13. The van der Waals surface area contributed by atoms with Gasteiger partial charge in [0.25, 0.3) is 0 Å². The predicted molar refractivity (Wildman–Crippen MR) is 47.7 cm³/mol. The second kappa shape index (κ2) is 2.06. The van der Waals surface area contributed by atoms with E-state index in [0.29, 0.717) is 11.3 Å². The van der Waals surface area contributed by atoms with E-state index in [9.17, 15) is 5.11 Å². The lowest BCUT2D eigenvalue weighted by molar-refractivity contribution is -0.230. The summed E-state index contributed by atoms with van der Waals surface area (Å²) in [7, 11) is 0. The van der Waals surface area contributed by atoms with E-state index in [4.69, 9.17) is 0 Å². The Labute approximate surface area is 74.2 Å². The van der Waals surface area contributed by atoms with Crippen molar-refractivity contribution in [3.05, 3.63) is 0 Å². The highest BCUT2D eigenvalue weighted by Crippen LogP contribution is 2.69. The van der Waals surface area contributed by atoms with Crippen LogP contribution >= 0.6 is 0 Å². The standard InChI is InChI=1S/C11H18O/c1-11-6-5-9(12)10-7(11)3-2-4-8(10)11/h7-10,12H,2-6H2,1H3. The van der Waals surface area contributed by atoms with Crippen LogP contribution in [0.15, 0.2) is 0 Å². The molecule has 1 N–H and O–H groups in total. The molecule has 3 aliphatic carbocycles. The fourth-order valence-electron chi connectivity index (χ4n) is 4.48. The Hall–Kier alpha value is -0.0400. The summed E-state index contributed by atoms with van der Waals surface area (Å²) in [4.78, 5) is 0. The zero-order valence-corrected chi connectivity index (χ0v) is 7.79. The normalized spacial score (nSPS) is 62.5. The van der Waals surface area contributed by atoms with Crippen molar-refractivity contribution in [1.29, 1.82) is 0 Å². The van der Waals surface area contributed by atoms with Gasteiger partial charge in [0.2, 0.25) is 0 Å². The summed E-state index contributed by atoms with van der Waals surface area (Å²) in [5.74, 6) is 2.48. The van der Waals surface area contributed by atoms with E-state index in [0.717, 1.165) is 18.3 Å². The molecule has 0 heterocycles. The van der Waals surface area contributed by atoms with Gasteiger partial charge in [-0.2, -0.15) is 0 Å². The number of hydrogen-bond donors (Lipinski definition) is 1. The number of aliphatic hydroxyl groups excluding tert-OH is 1. The molecule has 4 bridgehead atoms. The third kappa shape index (κ3) is 0.618. The first-order chi connectivity index (χ1) is 5.73. The van der Waals surface area contributed by atoms with Gasteiger partial charge in [-0.3, -0.25) is 0 Å². The second-order valence-electron chi connectivity index (χ2n) is 5.33. The minimum Gasteiger partial charge on any atom is -0.393 e. The van der Waals surface area contributed by atoms with Gasteiger partial charge in [-0.05, 0) is 48.9 Å². The molecule has 0 radical (unpaired) electrons. The molecule has 3 rings (SSSR count). The molecule has 3 fully saturated rings. The maximum Gasteiger partial charge on any atom is 0.0574 e. The molecule has 0 saturated heterocycles. The van der Waals surface area contributed by atoms with Gasteiger partial charge in [0, 0.05) is 0 Å². The summed E-state index contributed by atoms with van der Waals surface area (Å²) >= 11 is 0. The van der Waals surface area contributed by atoms with E-state index in [1.165, 1.54) is 25.7 Å². The Morgan fingerprint density at radius 3 is 2.42 bits per heavy atom. The van der Waals surface area contributed by atoms with Crippen LogP contribution in [0, 0.1) is 23.2 Å². The average Bonchev–Trinajstić information content (AvgIpc) is 2.11. The van der Waals surface area contributed by atoms with Gasteiger partial charge in [0.1, 0.15) is 0 Å². The fraction of sp³-hybridized carbons (Fsp3) is 1.00. The summed E-state index contributed by atoms with van der Waals surface area (Å²) in [5.41, 5.74) is 0.655. The second-order valence-corrected chi connectivity index (χ2v) is 5.33. The van der Waals surface area contributed by atoms with Crippen LogP contribution in [0.3, 0.4) is 0 Å². The van der Waals surface area contributed by atoms with Crippen LogP contribution in [0.1, 0.15) is 39.0 Å². The zero-order valence-electron chi connectivity index (χ0n) is 7.79. The third-order valence-corrected chi connectivity index (χ3v) is 5.08. The monoisotopic (exact) mass is 166 g/mol. The molecule has 3 saturated carbocycles. The molecule has 0 aliphatic heterocycles. The van der Waals surface area contributed by atoms with Gasteiger partial charge in [0.15, 0.2) is 0 Å². The van der Waals surface area contributed by atoms with Gasteiger partial charge in [-0.25, -0.2) is 0 Å². The summed E-state index contributed by atoms with van der Waals surface area (Å²) in [6.07, 6.45) is 6.65. The first kappa shape index (κ1) is 7.37. The lowest BCUT2D eigenvalue weighted by Crippen LogP contribution is -2.64. The molecule has 1 nitrogen and oxygen atoms in total. The quantitative estimate of drug-likeness (QED) is 0.585. The maximum absolute atomic E-state index is 9.84. The van der Waals surface area contributed by atoms with Crippen LogP contribution < -0.4 is 0 Å². The summed E-state index contributed by atoms with van der Waals surface area (Å²) < 4.78 is 0. The van der Waals surface area contributed by atoms with Crippen molar-refractivity contribution in [2.24, 2.45) is 23.2 Å². The number of aliphatic hydroxyl groups is 1. The fourth-order valence-corrected chi connectivity index (χ4v) is 4.48. The van der Waals surface area contributed by atoms with E-state index < -0.39 is 0 Å². The minimum atomic E-state index is 0.0575. The van der Waals surface area contributed by atoms with Gasteiger partial charge >= 0.3 is 0 Å². The molecule has 1 heteroatoms. The highest BCUT2D eigenvalue weighted by Gasteiger charge is 2.64. The van der Waals surface area contributed by atoms with Gasteiger partial charge in [-0.15, -0.1) is 0 Å². The van der Waals surface area contributed by atoms with Crippen molar-refractivity contribution in [3.63, 3.8) is 0 Å². The summed E-state index contributed by atoms with van der Waals surface area (Å²) in [6.45, 7) is 2.46. The number of rotatable bonds is 0. The molecule has 0 aromatic carbocycles. The van der Waals surface area contributed by atoms with Crippen LogP contribution in [-0.4, -0.2) is 11.2 Å². The topological polar surface area (TPSA) is 20.2 Å². The van der Waals surface area contributed by atoms with Gasteiger partial charge in [0.05, 0.1) is 6.10 Å². The SMILES string of the molecule is CC12CCC(O)C3C1CCCC32. The van der Waals surface area contributed by atoms with E-state index in [-0.39, 0.29) is 6.10 Å². The molecule has 12 heavy (non-hydrogen) atoms. The minimum absolute atomic E-state index is 0.0575. The van der Waals surface area contributed by atoms with Crippen molar-refractivity contribution in [2.75, 3.05) is 0 Å². The highest BCUT2D eigenvalue weighted by atomic mass is 16.3. The molecule has 68 valence electrons. The molecular formula is C11H18O. The predicted octanol–water partition coefficient (Wildman–Crippen LogP) is 2.19. The first-order valence-electron chi connectivity index (χ1n) is 5.41. The van der Waals surface area contributed by atoms with Crippen LogP contribution in [-0.2, 0) is 0 Å². The van der Waals surface area contributed by atoms with E-state index in [1.54, 1.807) is 0 Å². The largest absolute Gasteiger partial charge is 0.393 e. The molecule has 0 amide bonds. The molecule has 3 unspecified atom stereocenters. The Morgan fingerprint density at radius 1 is 1.17 bits per heavy atom. The van der Waals surface area contributed by atoms with E-state index >= 15 is 0 Å². The van der Waals surface area contributed by atoms with Crippen molar-refractivity contribution < 1.29 is 5.11 Å². The smallest absolute Gasteiger partial charge is 0.0574 e. The molecule has 3 atom stereocenters. The first-order valence-corrected chi connectivity index (χ1v) is 5.41. The van der Waals surface area contributed by atoms with E-state index in [1.807, 2.05) is 0 Å². The summed E-state index contributed by atoms with van der Waals surface area (Å²) in [6, 6.07) is 0. The Kier molecular flexibility index (Phi) is 1.27. The van der Waals surface area contributed by atoms with Crippen LogP contribution in [0.2, 0.25) is 0 Å². The van der Waals surface area contributed by atoms with Crippen LogP contribution in [0.25, 0.3) is 0 Å². The summed E-state index contributed by atoms with van der Waals surface area (Å²) in [5, 5.41) is 9.84. The van der Waals surface area contributed by atoms with Gasteiger partial charge in [-0.1, -0.05) is 13.3 Å². The molecule has 0 aromatic rings. The van der Waals surface area contributed by atoms with Crippen molar-refractivity contribution in [1.82, 2.24) is 0 Å². The Bertz CT molecular complexity index is 199. The molecule has 0 spiro atoms. The Balaban J connectivity index is 1.93. The average molecular weight is 166 g/mol. The van der Waals surface area contributed by atoms with Crippen molar-refractivity contribution in [2.45, 2.75) is 45.1 Å². The van der Waals surface area contributed by atoms with Crippen LogP contribution in [0.5, 0.6) is 0 Å². The lowest BCUT2D eigenvalue weighted by Gasteiger charge is -2.69. The molecular weight excluding hydrogens is 148 g/mol. The van der Waals surface area contributed by atoms with Crippen LogP contribution in [0.4, 0.5) is 0 Å². The third-order valence-electron chi connectivity index (χ3n) is 5.08. The van der Waals surface area contributed by atoms with E-state index in [2.05, 4.69) is 6.92 Å². The van der Waals surface area contributed by atoms with Gasteiger partial charge < -0.3 is 5.11 Å². The number of hydrogen-bond acceptors (Lipinski definition) is 1. The number of fused-ring (bicyclic) bond motifs is 1. The Morgan fingerprint density at radius 2 is 1.83 bits per heavy atom. The zero-order chi connectivity index (χ0) is 8.34. The van der Waals surface area contributed by atoms with Crippen molar-refractivity contribution >= 4 is 0 Å². The lowest BCUT2D eigenvalue weighted by atomic mass is 9.37.